The van der Waals surface area contributed by atoms with Gasteiger partial charge in [-0.05, 0) is 76.5 Å². The first-order chi connectivity index (χ1) is 18.7. The Hall–Kier alpha value is -0.610. The lowest BCUT2D eigenvalue weighted by molar-refractivity contribution is 0.0208. The van der Waals surface area contributed by atoms with Gasteiger partial charge in [-0.3, -0.25) is 0 Å². The van der Waals surface area contributed by atoms with Crippen LogP contribution in [0.1, 0.15) is 143 Å². The van der Waals surface area contributed by atoms with Crippen molar-refractivity contribution < 1.29 is 9.47 Å². The van der Waals surface area contributed by atoms with Crippen LogP contribution in [0.25, 0.3) is 0 Å². The van der Waals surface area contributed by atoms with Crippen LogP contribution in [0.2, 0.25) is 0 Å². The Kier molecular flexibility index (Phi) is 16.3. The molecule has 0 aromatic carbocycles. The van der Waals surface area contributed by atoms with Crippen LogP contribution in [0.5, 0.6) is 0 Å². The smallest absolute Gasteiger partial charge is 0.0695 e. The molecular formula is C35H58O2S. The number of hydrogen-bond donors (Lipinski definition) is 0. The van der Waals surface area contributed by atoms with E-state index in [0.29, 0.717) is 40.5 Å². The summed E-state index contributed by atoms with van der Waals surface area (Å²) in [5.74, 6) is 16.5. The second-order valence-electron chi connectivity index (χ2n) is 12.4. The summed E-state index contributed by atoms with van der Waals surface area (Å²) >= 11 is 2.04. The van der Waals surface area contributed by atoms with Crippen molar-refractivity contribution in [2.24, 2.45) is 17.8 Å². The van der Waals surface area contributed by atoms with E-state index in [1.807, 2.05) is 11.8 Å². The molecule has 1 heterocycles. The van der Waals surface area contributed by atoms with E-state index in [-0.39, 0.29) is 0 Å². The largest absolute Gasteiger partial charge is 0.378 e. The molecule has 3 atom stereocenters. The number of unbranched alkanes of at least 4 members (excludes halogenated alkanes) is 8. The summed E-state index contributed by atoms with van der Waals surface area (Å²) in [7, 11) is 0. The first-order valence-corrected chi connectivity index (χ1v) is 17.5. The first kappa shape index (κ1) is 31.9. The highest BCUT2D eigenvalue weighted by Crippen LogP contribution is 2.38. The van der Waals surface area contributed by atoms with Crippen LogP contribution >= 0.6 is 11.8 Å². The van der Waals surface area contributed by atoms with E-state index in [9.17, 15) is 0 Å². The fourth-order valence-electron chi connectivity index (χ4n) is 6.17. The Labute approximate surface area is 240 Å². The summed E-state index contributed by atoms with van der Waals surface area (Å²) in [6.07, 6.45) is 25.0. The molecular weight excluding hydrogens is 484 g/mol. The van der Waals surface area contributed by atoms with Gasteiger partial charge in [0.1, 0.15) is 0 Å². The summed E-state index contributed by atoms with van der Waals surface area (Å²) in [4.78, 5) is 0. The molecule has 2 nitrogen and oxygen atoms in total. The molecule has 3 unspecified atom stereocenters. The fraction of sp³-hybridized carbons (Fsp3) is 0.886. The molecule has 3 fully saturated rings. The average Bonchev–Trinajstić information content (AvgIpc) is 3.30. The molecule has 2 aliphatic carbocycles. The van der Waals surface area contributed by atoms with Crippen LogP contribution in [0, 0.1) is 41.4 Å². The predicted molar refractivity (Wildman–Crippen MR) is 165 cm³/mol. The van der Waals surface area contributed by atoms with E-state index in [2.05, 4.69) is 44.5 Å². The third-order valence-corrected chi connectivity index (χ3v) is 10.4. The maximum atomic E-state index is 6.16. The third kappa shape index (κ3) is 12.7. The van der Waals surface area contributed by atoms with Crippen molar-refractivity contribution in [3.05, 3.63) is 0 Å². The van der Waals surface area contributed by atoms with E-state index >= 15 is 0 Å². The van der Waals surface area contributed by atoms with Crippen LogP contribution in [0.15, 0.2) is 0 Å². The van der Waals surface area contributed by atoms with E-state index in [0.717, 1.165) is 13.2 Å². The molecule has 1 saturated heterocycles. The first-order valence-electron chi connectivity index (χ1n) is 16.6. The molecule has 3 aliphatic rings. The standard InChI is InChI=1S/C35H58O2S/c1-4-6-8-10-12-26-36-32-20-14-30(15-21-32)18-24-34-28-29(3)35(38-34)25-19-31-16-22-33(23-17-31)37-27-13-11-9-7-5-2/h29-35H,4-17,20-23,26-28H2,1-3H3. The third-order valence-electron chi connectivity index (χ3n) is 8.84. The Balaban J connectivity index is 1.27. The van der Waals surface area contributed by atoms with E-state index in [1.54, 1.807) is 0 Å². The van der Waals surface area contributed by atoms with Gasteiger partial charge >= 0.3 is 0 Å². The molecule has 3 heteroatoms. The molecule has 216 valence electrons. The predicted octanol–water partition coefficient (Wildman–Crippen LogP) is 9.60. The molecule has 0 aromatic rings. The van der Waals surface area contributed by atoms with Gasteiger partial charge in [-0.2, -0.15) is 0 Å². The molecule has 0 spiro atoms. The quantitative estimate of drug-likeness (QED) is 0.161. The SMILES string of the molecule is CCCCCCCOC1CCC(C#CC2CC(C)C(C#CC3CCC(OCCCCCCC)CC3)S2)CC1. The van der Waals surface area contributed by atoms with Gasteiger partial charge in [0, 0.05) is 25.0 Å². The molecule has 0 amide bonds. The normalized spacial score (nSPS) is 31.3. The van der Waals surface area contributed by atoms with Crippen LogP contribution in [0.3, 0.4) is 0 Å². The van der Waals surface area contributed by atoms with Crippen LogP contribution in [0.4, 0.5) is 0 Å². The lowest BCUT2D eigenvalue weighted by Crippen LogP contribution is -2.21. The highest BCUT2D eigenvalue weighted by atomic mass is 32.2. The molecule has 2 saturated carbocycles. The van der Waals surface area contributed by atoms with Gasteiger partial charge in [0.05, 0.1) is 22.7 Å². The second kappa shape index (κ2) is 19.5. The molecule has 0 N–H and O–H groups in total. The van der Waals surface area contributed by atoms with Crippen LogP contribution in [-0.4, -0.2) is 35.9 Å². The van der Waals surface area contributed by atoms with E-state index in [1.165, 1.54) is 122 Å². The zero-order valence-electron chi connectivity index (χ0n) is 25.1. The maximum Gasteiger partial charge on any atom is 0.0695 e. The summed E-state index contributed by atoms with van der Waals surface area (Å²) in [6.45, 7) is 8.84. The molecule has 0 aromatic heterocycles. The molecule has 3 rings (SSSR count). The maximum absolute atomic E-state index is 6.16. The zero-order valence-corrected chi connectivity index (χ0v) is 25.9. The summed E-state index contributed by atoms with van der Waals surface area (Å²) < 4.78 is 12.3. The Bertz CT molecular complexity index is 727. The summed E-state index contributed by atoms with van der Waals surface area (Å²) in [6, 6.07) is 0. The van der Waals surface area contributed by atoms with Gasteiger partial charge in [0.25, 0.3) is 0 Å². The lowest BCUT2D eigenvalue weighted by atomic mass is 9.87. The van der Waals surface area contributed by atoms with Crippen molar-refractivity contribution >= 4 is 11.8 Å². The lowest BCUT2D eigenvalue weighted by Gasteiger charge is -2.26. The minimum Gasteiger partial charge on any atom is -0.378 e. The van der Waals surface area contributed by atoms with Gasteiger partial charge in [-0.25, -0.2) is 0 Å². The topological polar surface area (TPSA) is 18.5 Å². The van der Waals surface area contributed by atoms with Gasteiger partial charge in [-0.1, -0.05) is 95.8 Å². The monoisotopic (exact) mass is 542 g/mol. The van der Waals surface area contributed by atoms with Gasteiger partial charge in [0.2, 0.25) is 0 Å². The van der Waals surface area contributed by atoms with Crippen molar-refractivity contribution in [2.45, 2.75) is 165 Å². The highest BCUT2D eigenvalue weighted by Gasteiger charge is 2.30. The second-order valence-corrected chi connectivity index (χ2v) is 13.7. The molecule has 0 radical (unpaired) electrons. The van der Waals surface area contributed by atoms with Crippen LogP contribution < -0.4 is 0 Å². The number of thioether (sulfide) groups is 1. The molecule has 1 aliphatic heterocycles. The van der Waals surface area contributed by atoms with Gasteiger partial charge in [-0.15, -0.1) is 11.8 Å². The Morgan fingerprint density at radius 1 is 0.579 bits per heavy atom. The minimum atomic E-state index is 0.466. The Morgan fingerprint density at radius 2 is 1.05 bits per heavy atom. The van der Waals surface area contributed by atoms with Crippen molar-refractivity contribution in [2.75, 3.05) is 13.2 Å². The molecule has 38 heavy (non-hydrogen) atoms. The van der Waals surface area contributed by atoms with Crippen molar-refractivity contribution in [3.8, 4) is 23.7 Å². The van der Waals surface area contributed by atoms with Crippen LogP contribution in [-0.2, 0) is 9.47 Å². The van der Waals surface area contributed by atoms with Gasteiger partial charge in [0.15, 0.2) is 0 Å². The summed E-state index contributed by atoms with van der Waals surface area (Å²) in [5, 5.41) is 0.940. The van der Waals surface area contributed by atoms with Crippen molar-refractivity contribution in [1.82, 2.24) is 0 Å². The van der Waals surface area contributed by atoms with E-state index in [4.69, 9.17) is 9.47 Å². The number of ether oxygens (including phenoxy) is 2. The van der Waals surface area contributed by atoms with Gasteiger partial charge < -0.3 is 9.47 Å². The van der Waals surface area contributed by atoms with Crippen molar-refractivity contribution in [1.29, 1.82) is 0 Å². The minimum absolute atomic E-state index is 0.466. The van der Waals surface area contributed by atoms with E-state index < -0.39 is 0 Å². The fourth-order valence-corrected chi connectivity index (χ4v) is 7.59. The number of hydrogen-bond acceptors (Lipinski definition) is 3. The van der Waals surface area contributed by atoms with Crippen molar-refractivity contribution in [3.63, 3.8) is 0 Å². The summed E-state index contributed by atoms with van der Waals surface area (Å²) in [5.41, 5.74) is 0. The Morgan fingerprint density at radius 3 is 1.55 bits per heavy atom. The molecule has 0 bridgehead atoms. The number of rotatable bonds is 14. The average molecular weight is 543 g/mol. The highest BCUT2D eigenvalue weighted by molar-refractivity contribution is 8.01. The zero-order chi connectivity index (χ0) is 26.8.